The second-order valence-corrected chi connectivity index (χ2v) is 8.01. The van der Waals surface area contributed by atoms with Crippen molar-refractivity contribution in [2.24, 2.45) is 0 Å². The van der Waals surface area contributed by atoms with Gasteiger partial charge in [0.25, 0.3) is 5.91 Å². The third-order valence-corrected chi connectivity index (χ3v) is 5.96. The van der Waals surface area contributed by atoms with Crippen LogP contribution in [0.5, 0.6) is 0 Å². The highest BCUT2D eigenvalue weighted by molar-refractivity contribution is 8.00. The minimum Gasteiger partial charge on any atom is -0.452 e. The van der Waals surface area contributed by atoms with Crippen LogP contribution in [-0.2, 0) is 14.3 Å². The number of carbonyl (C=O) groups excluding carboxylic acids is 2. The second-order valence-electron chi connectivity index (χ2n) is 6.15. The molecular weight excluding hydrogens is 398 g/mol. The van der Waals surface area contributed by atoms with Gasteiger partial charge in [-0.2, -0.15) is 5.10 Å². The van der Waals surface area contributed by atoms with Crippen LogP contribution in [0.3, 0.4) is 0 Å². The number of nitrogens with one attached hydrogen (secondary N) is 1. The molecule has 0 fully saturated rings. The number of carbonyl (C=O) groups is 2. The smallest absolute Gasteiger partial charge is 0.317 e. The summed E-state index contributed by atoms with van der Waals surface area (Å²) < 4.78 is 7.00. The molecule has 0 spiro atoms. The summed E-state index contributed by atoms with van der Waals surface area (Å²) in [6.07, 6.45) is 3.07. The normalized spacial score (nSPS) is 13.2. The average molecular weight is 420 g/mol. The van der Waals surface area contributed by atoms with E-state index in [0.717, 1.165) is 21.7 Å². The fourth-order valence-corrected chi connectivity index (χ4v) is 4.02. The molecule has 3 aromatic rings. The summed E-state index contributed by atoms with van der Waals surface area (Å²) in [5.74, 6) is -0.238. The first-order chi connectivity index (χ1) is 13.5. The van der Waals surface area contributed by atoms with Crippen LogP contribution in [0.1, 0.15) is 33.2 Å². The third-order valence-electron chi connectivity index (χ3n) is 4.16. The molecule has 0 unspecified atom stereocenters. The predicted octanol–water partition coefficient (Wildman–Crippen LogP) is 3.52. The van der Waals surface area contributed by atoms with E-state index in [-0.39, 0.29) is 11.8 Å². The summed E-state index contributed by atoms with van der Waals surface area (Å²) in [6, 6.07) is 3.79. The molecule has 3 heterocycles. The van der Waals surface area contributed by atoms with Crippen molar-refractivity contribution < 1.29 is 14.3 Å². The van der Waals surface area contributed by atoms with Crippen LogP contribution in [0.4, 0.5) is 5.82 Å². The maximum Gasteiger partial charge on any atom is 0.317 e. The Morgan fingerprint density at radius 1 is 1.32 bits per heavy atom. The average Bonchev–Trinajstić information content (AvgIpc) is 3.35. The van der Waals surface area contributed by atoms with Gasteiger partial charge in [-0.3, -0.25) is 9.59 Å². The molecule has 3 rings (SSSR count). The number of thiophene rings is 1. The molecule has 10 heteroatoms. The van der Waals surface area contributed by atoms with Crippen LogP contribution in [0.25, 0.3) is 10.2 Å². The van der Waals surface area contributed by atoms with Gasteiger partial charge in [0.1, 0.15) is 22.0 Å². The van der Waals surface area contributed by atoms with Gasteiger partial charge in [-0.1, -0.05) is 18.7 Å². The topological polar surface area (TPSA) is 99.0 Å². The fourth-order valence-electron chi connectivity index (χ4n) is 2.46. The Hall–Kier alpha value is -2.46. The van der Waals surface area contributed by atoms with Gasteiger partial charge >= 0.3 is 5.97 Å². The van der Waals surface area contributed by atoms with Crippen molar-refractivity contribution >= 4 is 51.0 Å². The lowest BCUT2D eigenvalue weighted by atomic mass is 10.3. The summed E-state index contributed by atoms with van der Waals surface area (Å²) in [6.45, 7) is 5.60. The number of amides is 1. The summed E-state index contributed by atoms with van der Waals surface area (Å²) >= 11 is 2.78. The maximum absolute atomic E-state index is 12.4. The lowest BCUT2D eigenvalue weighted by Gasteiger charge is -2.16. The van der Waals surface area contributed by atoms with E-state index >= 15 is 0 Å². The molecule has 0 saturated carbocycles. The zero-order valence-electron chi connectivity index (χ0n) is 15.8. The predicted molar refractivity (Wildman–Crippen MR) is 110 cm³/mol. The standard InChI is InChI=1S/C18H21N5O3S2/c1-4-11(2)23-14(5-7-21-23)22-16(25)12(3)26-15(24)9-28-18-13-6-8-27-17(13)19-10-20-18/h5-8,10-12H,4,9H2,1-3H3,(H,22,25)/t11-,12+/m1/s1. The third kappa shape index (κ3) is 4.68. The van der Waals surface area contributed by atoms with E-state index in [9.17, 15) is 9.59 Å². The molecule has 0 aliphatic carbocycles. The first-order valence-electron chi connectivity index (χ1n) is 8.84. The highest BCUT2D eigenvalue weighted by Gasteiger charge is 2.20. The fraction of sp³-hybridized carbons (Fsp3) is 0.389. The SMILES string of the molecule is CC[C@@H](C)n1nccc1NC(=O)[C@H](C)OC(=O)CSc1ncnc2sccc12. The molecule has 0 radical (unpaired) electrons. The molecular formula is C18H21N5O3S2. The van der Waals surface area contributed by atoms with Crippen LogP contribution < -0.4 is 5.32 Å². The Labute approximate surface area is 170 Å². The van der Waals surface area contributed by atoms with Gasteiger partial charge in [-0.05, 0) is 31.7 Å². The number of rotatable bonds is 8. The quantitative estimate of drug-likeness (QED) is 0.339. The number of esters is 1. The zero-order chi connectivity index (χ0) is 20.1. The maximum atomic E-state index is 12.4. The highest BCUT2D eigenvalue weighted by atomic mass is 32.2. The number of hydrogen-bond donors (Lipinski definition) is 1. The first kappa shape index (κ1) is 20.3. The van der Waals surface area contributed by atoms with Gasteiger partial charge in [-0.25, -0.2) is 14.6 Å². The van der Waals surface area contributed by atoms with Crippen molar-refractivity contribution in [2.45, 2.75) is 44.4 Å². The van der Waals surface area contributed by atoms with E-state index in [1.807, 2.05) is 25.3 Å². The Morgan fingerprint density at radius 3 is 2.93 bits per heavy atom. The summed E-state index contributed by atoms with van der Waals surface area (Å²) in [5.41, 5.74) is 0. The van der Waals surface area contributed by atoms with Crippen molar-refractivity contribution in [3.63, 3.8) is 0 Å². The van der Waals surface area contributed by atoms with E-state index in [0.29, 0.717) is 5.82 Å². The van der Waals surface area contributed by atoms with E-state index in [1.54, 1.807) is 23.9 Å². The van der Waals surface area contributed by atoms with Crippen LogP contribution in [0, 0.1) is 0 Å². The minimum absolute atomic E-state index is 0.0599. The molecule has 1 N–H and O–H groups in total. The highest BCUT2D eigenvalue weighted by Crippen LogP contribution is 2.27. The molecule has 28 heavy (non-hydrogen) atoms. The summed E-state index contributed by atoms with van der Waals surface area (Å²) in [5, 5.41) is 10.5. The molecule has 2 atom stereocenters. The number of aromatic nitrogens is 4. The zero-order valence-corrected chi connectivity index (χ0v) is 17.4. The van der Waals surface area contributed by atoms with Crippen molar-refractivity contribution in [1.82, 2.24) is 19.7 Å². The Morgan fingerprint density at radius 2 is 2.14 bits per heavy atom. The Kier molecular flexibility index (Phi) is 6.63. The van der Waals surface area contributed by atoms with E-state index in [2.05, 4.69) is 20.4 Å². The molecule has 0 saturated heterocycles. The molecule has 0 aliphatic rings. The molecule has 0 aliphatic heterocycles. The van der Waals surface area contributed by atoms with Gasteiger partial charge in [0, 0.05) is 11.5 Å². The lowest BCUT2D eigenvalue weighted by molar-refractivity contribution is -0.150. The molecule has 1 amide bonds. The Bertz CT molecular complexity index is 971. The molecule has 0 aromatic carbocycles. The van der Waals surface area contributed by atoms with Crippen LogP contribution in [0.2, 0.25) is 0 Å². The summed E-state index contributed by atoms with van der Waals surface area (Å²) in [4.78, 5) is 33.8. The molecule has 3 aromatic heterocycles. The number of nitrogens with zero attached hydrogens (tertiary/aromatic N) is 4. The molecule has 0 bridgehead atoms. The largest absolute Gasteiger partial charge is 0.452 e. The van der Waals surface area contributed by atoms with Gasteiger partial charge in [0.15, 0.2) is 6.10 Å². The minimum atomic E-state index is -0.917. The Balaban J connectivity index is 1.53. The van der Waals surface area contributed by atoms with Crippen LogP contribution >= 0.6 is 23.1 Å². The number of ether oxygens (including phenoxy) is 1. The van der Waals surface area contributed by atoms with Gasteiger partial charge in [-0.15, -0.1) is 11.3 Å². The van der Waals surface area contributed by atoms with Crippen LogP contribution in [0.15, 0.2) is 35.1 Å². The summed E-state index contributed by atoms with van der Waals surface area (Å²) in [7, 11) is 0. The van der Waals surface area contributed by atoms with Gasteiger partial charge < -0.3 is 10.1 Å². The van der Waals surface area contributed by atoms with Gasteiger partial charge in [0.2, 0.25) is 0 Å². The van der Waals surface area contributed by atoms with Crippen molar-refractivity contribution in [3.8, 4) is 0 Å². The monoisotopic (exact) mass is 419 g/mol. The van der Waals surface area contributed by atoms with Crippen molar-refractivity contribution in [1.29, 1.82) is 0 Å². The number of anilines is 1. The van der Waals surface area contributed by atoms with E-state index < -0.39 is 18.0 Å². The number of fused-ring (bicyclic) bond motifs is 1. The van der Waals surface area contributed by atoms with Crippen LogP contribution in [-0.4, -0.2) is 43.5 Å². The van der Waals surface area contributed by atoms with Crippen molar-refractivity contribution in [2.75, 3.05) is 11.1 Å². The van der Waals surface area contributed by atoms with E-state index in [4.69, 9.17) is 4.74 Å². The molecule has 148 valence electrons. The van der Waals surface area contributed by atoms with Crippen molar-refractivity contribution in [3.05, 3.63) is 30.0 Å². The molecule has 8 nitrogen and oxygen atoms in total. The van der Waals surface area contributed by atoms with Gasteiger partial charge in [0.05, 0.1) is 18.0 Å². The lowest BCUT2D eigenvalue weighted by Crippen LogP contribution is -2.31. The first-order valence-corrected chi connectivity index (χ1v) is 10.7. The second kappa shape index (κ2) is 9.16. The number of hydrogen-bond acceptors (Lipinski definition) is 8. The van der Waals surface area contributed by atoms with E-state index in [1.165, 1.54) is 29.4 Å². The number of thioether (sulfide) groups is 1.